The minimum atomic E-state index is -0.909. The third kappa shape index (κ3) is 2.74. The van der Waals surface area contributed by atoms with Crippen LogP contribution in [-0.4, -0.2) is 23.4 Å². The van der Waals surface area contributed by atoms with Gasteiger partial charge in [-0.25, -0.2) is 0 Å². The van der Waals surface area contributed by atoms with Crippen LogP contribution < -0.4 is 4.74 Å². The zero-order chi connectivity index (χ0) is 12.3. The molecule has 0 aliphatic rings. The first kappa shape index (κ1) is 13.0. The summed E-state index contributed by atoms with van der Waals surface area (Å²) in [6.07, 6.45) is -1.72. The van der Waals surface area contributed by atoms with Gasteiger partial charge < -0.3 is 14.9 Å². The van der Waals surface area contributed by atoms with E-state index in [4.69, 9.17) is 4.74 Å². The molecule has 0 radical (unpaired) electrons. The Kier molecular flexibility index (Phi) is 4.33. The van der Waals surface area contributed by atoms with E-state index in [0.29, 0.717) is 17.2 Å². The highest BCUT2D eigenvalue weighted by molar-refractivity contribution is 5.40. The summed E-state index contributed by atoms with van der Waals surface area (Å²) in [6.45, 7) is 5.73. The molecule has 0 spiro atoms. The molecule has 3 heteroatoms. The fraction of sp³-hybridized carbons (Fsp3) is 0.538. The van der Waals surface area contributed by atoms with Crippen LogP contribution >= 0.6 is 0 Å². The topological polar surface area (TPSA) is 49.7 Å². The van der Waals surface area contributed by atoms with Crippen molar-refractivity contribution in [3.63, 3.8) is 0 Å². The molecule has 0 heterocycles. The Balaban J connectivity index is 3.16. The van der Waals surface area contributed by atoms with Gasteiger partial charge in [-0.15, -0.1) is 0 Å². The average Bonchev–Trinajstić information content (AvgIpc) is 2.26. The third-order valence-electron chi connectivity index (χ3n) is 2.70. The molecule has 3 nitrogen and oxygen atoms in total. The lowest BCUT2D eigenvalue weighted by atomic mass is 9.96. The van der Waals surface area contributed by atoms with Crippen LogP contribution in [0.15, 0.2) is 18.2 Å². The minimum absolute atomic E-state index is 0.380. The molecule has 0 saturated carbocycles. The van der Waals surface area contributed by atoms with Crippen LogP contribution in [0.4, 0.5) is 0 Å². The second-order valence-corrected chi connectivity index (χ2v) is 4.34. The van der Waals surface area contributed by atoms with Gasteiger partial charge in [0.1, 0.15) is 11.9 Å². The zero-order valence-electron chi connectivity index (χ0n) is 10.3. The van der Waals surface area contributed by atoms with E-state index in [0.717, 1.165) is 5.56 Å². The highest BCUT2D eigenvalue weighted by Crippen LogP contribution is 2.30. The lowest BCUT2D eigenvalue weighted by molar-refractivity contribution is 0.0290. The molecule has 0 saturated heterocycles. The Morgan fingerprint density at radius 3 is 2.19 bits per heavy atom. The Morgan fingerprint density at radius 1 is 1.12 bits per heavy atom. The average molecular weight is 224 g/mol. The molecule has 1 rings (SSSR count). The predicted octanol–water partition coefficient (Wildman–Crippen LogP) is 2.23. The van der Waals surface area contributed by atoms with Crippen molar-refractivity contribution in [2.24, 2.45) is 0 Å². The summed E-state index contributed by atoms with van der Waals surface area (Å²) in [7, 11) is 1.56. The van der Waals surface area contributed by atoms with Crippen LogP contribution in [0.1, 0.15) is 43.9 Å². The van der Waals surface area contributed by atoms with Crippen molar-refractivity contribution in [2.45, 2.75) is 38.9 Å². The van der Waals surface area contributed by atoms with E-state index in [1.165, 1.54) is 0 Å². The zero-order valence-corrected chi connectivity index (χ0v) is 10.3. The van der Waals surface area contributed by atoms with Crippen molar-refractivity contribution in [2.75, 3.05) is 7.11 Å². The molecule has 0 amide bonds. The van der Waals surface area contributed by atoms with E-state index in [1.54, 1.807) is 14.0 Å². The molecule has 90 valence electrons. The van der Waals surface area contributed by atoms with Gasteiger partial charge in [-0.3, -0.25) is 0 Å². The fourth-order valence-corrected chi connectivity index (χ4v) is 1.60. The van der Waals surface area contributed by atoms with Gasteiger partial charge in [0.15, 0.2) is 0 Å². The standard InChI is InChI=1S/C13H20O3/c1-8(2)10-5-6-12(16-4)11(7-10)13(15)9(3)14/h5-9,13-15H,1-4H3. The second-order valence-electron chi connectivity index (χ2n) is 4.34. The van der Waals surface area contributed by atoms with Gasteiger partial charge in [0, 0.05) is 5.56 Å². The number of rotatable bonds is 4. The Hall–Kier alpha value is -1.06. The highest BCUT2D eigenvalue weighted by Gasteiger charge is 2.19. The Bertz CT molecular complexity index is 345. The Labute approximate surface area is 96.7 Å². The molecular formula is C13H20O3. The van der Waals surface area contributed by atoms with Crippen LogP contribution in [0.25, 0.3) is 0 Å². The molecule has 1 aromatic rings. The van der Waals surface area contributed by atoms with Gasteiger partial charge in [-0.05, 0) is 30.5 Å². The summed E-state index contributed by atoms with van der Waals surface area (Å²) in [6, 6.07) is 5.69. The first-order valence-corrected chi connectivity index (χ1v) is 5.51. The van der Waals surface area contributed by atoms with Gasteiger partial charge in [0.2, 0.25) is 0 Å². The molecule has 0 aromatic heterocycles. The minimum Gasteiger partial charge on any atom is -0.496 e. The van der Waals surface area contributed by atoms with E-state index < -0.39 is 12.2 Å². The van der Waals surface area contributed by atoms with Crippen LogP contribution in [0.5, 0.6) is 5.75 Å². The van der Waals surface area contributed by atoms with E-state index in [-0.39, 0.29) is 0 Å². The molecule has 2 N–H and O–H groups in total. The SMILES string of the molecule is COc1ccc(C(C)C)cc1C(O)C(C)O. The van der Waals surface area contributed by atoms with Crippen molar-refractivity contribution in [3.05, 3.63) is 29.3 Å². The summed E-state index contributed by atoms with van der Waals surface area (Å²) in [4.78, 5) is 0. The largest absolute Gasteiger partial charge is 0.496 e. The van der Waals surface area contributed by atoms with Gasteiger partial charge in [0.25, 0.3) is 0 Å². The molecule has 0 aliphatic heterocycles. The molecule has 0 fully saturated rings. The molecular weight excluding hydrogens is 204 g/mol. The number of benzene rings is 1. The van der Waals surface area contributed by atoms with Gasteiger partial charge in [0.05, 0.1) is 13.2 Å². The second kappa shape index (κ2) is 5.32. The van der Waals surface area contributed by atoms with Crippen molar-refractivity contribution < 1.29 is 14.9 Å². The summed E-state index contributed by atoms with van der Waals surface area (Å²) < 4.78 is 5.18. The van der Waals surface area contributed by atoms with Gasteiger partial charge in [-0.2, -0.15) is 0 Å². The predicted molar refractivity (Wildman–Crippen MR) is 63.7 cm³/mol. The molecule has 2 atom stereocenters. The maximum absolute atomic E-state index is 9.89. The maximum Gasteiger partial charge on any atom is 0.124 e. The normalized spacial score (nSPS) is 14.9. The lowest BCUT2D eigenvalue weighted by Gasteiger charge is -2.19. The molecule has 0 bridgehead atoms. The summed E-state index contributed by atoms with van der Waals surface area (Å²) in [5.74, 6) is 0.989. The van der Waals surface area contributed by atoms with Gasteiger partial charge >= 0.3 is 0 Å². The molecule has 16 heavy (non-hydrogen) atoms. The van der Waals surface area contributed by atoms with E-state index in [2.05, 4.69) is 13.8 Å². The van der Waals surface area contributed by atoms with E-state index in [9.17, 15) is 10.2 Å². The lowest BCUT2D eigenvalue weighted by Crippen LogP contribution is -2.15. The van der Waals surface area contributed by atoms with Crippen molar-refractivity contribution in [3.8, 4) is 5.75 Å². The van der Waals surface area contributed by atoms with Gasteiger partial charge in [-0.1, -0.05) is 19.9 Å². The van der Waals surface area contributed by atoms with Crippen LogP contribution in [0, 0.1) is 0 Å². The number of aliphatic hydroxyl groups is 2. The first-order valence-electron chi connectivity index (χ1n) is 5.51. The maximum atomic E-state index is 9.89. The summed E-state index contributed by atoms with van der Waals surface area (Å²) in [5.41, 5.74) is 1.76. The van der Waals surface area contributed by atoms with E-state index >= 15 is 0 Å². The fourth-order valence-electron chi connectivity index (χ4n) is 1.60. The molecule has 1 aromatic carbocycles. The number of methoxy groups -OCH3 is 1. The van der Waals surface area contributed by atoms with Crippen LogP contribution in [0.2, 0.25) is 0 Å². The van der Waals surface area contributed by atoms with E-state index in [1.807, 2.05) is 18.2 Å². The van der Waals surface area contributed by atoms with Crippen LogP contribution in [0.3, 0.4) is 0 Å². The third-order valence-corrected chi connectivity index (χ3v) is 2.70. The van der Waals surface area contributed by atoms with Crippen molar-refractivity contribution >= 4 is 0 Å². The van der Waals surface area contributed by atoms with Crippen LogP contribution in [-0.2, 0) is 0 Å². The number of hydrogen-bond acceptors (Lipinski definition) is 3. The summed E-state index contributed by atoms with van der Waals surface area (Å²) in [5, 5.41) is 19.3. The smallest absolute Gasteiger partial charge is 0.124 e. The monoisotopic (exact) mass is 224 g/mol. The first-order chi connectivity index (χ1) is 7.47. The Morgan fingerprint density at radius 2 is 1.75 bits per heavy atom. The summed E-state index contributed by atoms with van der Waals surface area (Å²) >= 11 is 0. The molecule has 0 aliphatic carbocycles. The number of aliphatic hydroxyl groups excluding tert-OH is 2. The highest BCUT2D eigenvalue weighted by atomic mass is 16.5. The van der Waals surface area contributed by atoms with Crippen molar-refractivity contribution in [1.82, 2.24) is 0 Å². The van der Waals surface area contributed by atoms with Crippen molar-refractivity contribution in [1.29, 1.82) is 0 Å². The quantitative estimate of drug-likeness (QED) is 0.824. The number of ether oxygens (including phenoxy) is 1. The number of hydrogen-bond donors (Lipinski definition) is 2. The molecule has 2 unspecified atom stereocenters.